The Hall–Kier alpha value is -2.14. The predicted octanol–water partition coefficient (Wildman–Crippen LogP) is 2.81. The number of rotatable bonds is 6. The van der Waals surface area contributed by atoms with E-state index in [1.165, 1.54) is 11.1 Å². The highest BCUT2D eigenvalue weighted by molar-refractivity contribution is 5.56. The van der Waals surface area contributed by atoms with Gasteiger partial charge in [0.15, 0.2) is 0 Å². The number of anilines is 2. The van der Waals surface area contributed by atoms with E-state index >= 15 is 0 Å². The van der Waals surface area contributed by atoms with Crippen molar-refractivity contribution in [2.24, 2.45) is 5.84 Å². The SMILES string of the molecule is CCc1ccc(CNc2nc(CC)nc(NN)c2C)cc1. The summed E-state index contributed by atoms with van der Waals surface area (Å²) in [4.78, 5) is 8.89. The van der Waals surface area contributed by atoms with Crippen LogP contribution in [0.2, 0.25) is 0 Å². The molecule has 112 valence electrons. The van der Waals surface area contributed by atoms with Gasteiger partial charge in [0.1, 0.15) is 17.5 Å². The first-order valence-corrected chi connectivity index (χ1v) is 7.33. The van der Waals surface area contributed by atoms with Crippen LogP contribution in [0.25, 0.3) is 0 Å². The average Bonchev–Trinajstić information content (AvgIpc) is 2.54. The maximum atomic E-state index is 5.51. The molecule has 0 aliphatic heterocycles. The number of aryl methyl sites for hydroxylation is 2. The van der Waals surface area contributed by atoms with Crippen LogP contribution in [0.15, 0.2) is 24.3 Å². The summed E-state index contributed by atoms with van der Waals surface area (Å²) in [7, 11) is 0. The molecule has 0 fully saturated rings. The molecule has 1 heterocycles. The Kier molecular flexibility index (Phi) is 5.11. The highest BCUT2D eigenvalue weighted by Crippen LogP contribution is 2.20. The molecule has 0 aliphatic rings. The summed E-state index contributed by atoms with van der Waals surface area (Å²) in [5, 5.41) is 3.37. The van der Waals surface area contributed by atoms with Gasteiger partial charge in [0.25, 0.3) is 0 Å². The van der Waals surface area contributed by atoms with E-state index in [4.69, 9.17) is 5.84 Å². The minimum absolute atomic E-state index is 0.672. The summed E-state index contributed by atoms with van der Waals surface area (Å²) in [5.41, 5.74) is 6.14. The second kappa shape index (κ2) is 7.04. The minimum Gasteiger partial charge on any atom is -0.366 e. The van der Waals surface area contributed by atoms with Crippen LogP contribution < -0.4 is 16.6 Å². The molecule has 0 saturated heterocycles. The number of hydrogen-bond acceptors (Lipinski definition) is 5. The quantitative estimate of drug-likeness (QED) is 0.562. The Balaban J connectivity index is 2.14. The van der Waals surface area contributed by atoms with Gasteiger partial charge in [-0.1, -0.05) is 38.1 Å². The topological polar surface area (TPSA) is 75.9 Å². The number of nitrogens with two attached hydrogens (primary N) is 1. The van der Waals surface area contributed by atoms with Crippen LogP contribution in [0.1, 0.15) is 36.4 Å². The Morgan fingerprint density at radius 3 is 2.14 bits per heavy atom. The molecule has 0 radical (unpaired) electrons. The molecule has 0 spiro atoms. The Bertz CT molecular complexity index is 592. The Morgan fingerprint density at radius 2 is 1.57 bits per heavy atom. The van der Waals surface area contributed by atoms with Gasteiger partial charge in [-0.3, -0.25) is 0 Å². The molecular weight excluding hydrogens is 262 g/mol. The number of nitrogens with zero attached hydrogens (tertiary/aromatic N) is 2. The number of nitrogens with one attached hydrogen (secondary N) is 2. The fourth-order valence-electron chi connectivity index (χ4n) is 2.11. The van der Waals surface area contributed by atoms with Gasteiger partial charge in [-0.2, -0.15) is 0 Å². The largest absolute Gasteiger partial charge is 0.366 e. The zero-order valence-electron chi connectivity index (χ0n) is 12.9. The van der Waals surface area contributed by atoms with Crippen molar-refractivity contribution < 1.29 is 0 Å². The van der Waals surface area contributed by atoms with Crippen LogP contribution in [-0.4, -0.2) is 9.97 Å². The molecule has 1 aromatic carbocycles. The van der Waals surface area contributed by atoms with Crippen molar-refractivity contribution >= 4 is 11.6 Å². The van der Waals surface area contributed by atoms with E-state index in [9.17, 15) is 0 Å². The lowest BCUT2D eigenvalue weighted by Gasteiger charge is -2.13. The van der Waals surface area contributed by atoms with E-state index in [1.54, 1.807) is 0 Å². The number of benzene rings is 1. The normalized spacial score (nSPS) is 10.5. The zero-order valence-corrected chi connectivity index (χ0v) is 12.9. The molecule has 0 unspecified atom stereocenters. The first kappa shape index (κ1) is 15.3. The van der Waals surface area contributed by atoms with Gasteiger partial charge in [0, 0.05) is 18.5 Å². The highest BCUT2D eigenvalue weighted by atomic mass is 15.3. The fourth-order valence-corrected chi connectivity index (χ4v) is 2.11. The van der Waals surface area contributed by atoms with Crippen LogP contribution >= 0.6 is 0 Å². The summed E-state index contributed by atoms with van der Waals surface area (Å²) in [6, 6.07) is 8.61. The maximum Gasteiger partial charge on any atom is 0.148 e. The fraction of sp³-hybridized carbons (Fsp3) is 0.375. The summed E-state index contributed by atoms with van der Waals surface area (Å²) in [5.74, 6) is 7.79. The molecule has 0 bridgehead atoms. The second-order valence-corrected chi connectivity index (χ2v) is 4.98. The third kappa shape index (κ3) is 3.70. The molecular formula is C16H23N5. The van der Waals surface area contributed by atoms with Crippen molar-refractivity contribution in [1.29, 1.82) is 0 Å². The molecule has 5 heteroatoms. The number of nitrogen functional groups attached to an aromatic ring is 1. The van der Waals surface area contributed by atoms with Gasteiger partial charge < -0.3 is 10.7 Å². The van der Waals surface area contributed by atoms with E-state index in [2.05, 4.69) is 51.9 Å². The minimum atomic E-state index is 0.672. The van der Waals surface area contributed by atoms with Gasteiger partial charge >= 0.3 is 0 Å². The van der Waals surface area contributed by atoms with Gasteiger partial charge in [-0.25, -0.2) is 15.8 Å². The molecule has 21 heavy (non-hydrogen) atoms. The molecule has 2 rings (SSSR count). The van der Waals surface area contributed by atoms with E-state index in [-0.39, 0.29) is 0 Å². The van der Waals surface area contributed by atoms with Crippen molar-refractivity contribution in [3.05, 3.63) is 46.8 Å². The van der Waals surface area contributed by atoms with Crippen molar-refractivity contribution in [2.75, 3.05) is 10.7 Å². The molecule has 0 saturated carbocycles. The average molecular weight is 285 g/mol. The summed E-state index contributed by atoms with van der Waals surface area (Å²) in [6.07, 6.45) is 1.83. The lowest BCUT2D eigenvalue weighted by atomic mass is 10.1. The van der Waals surface area contributed by atoms with Crippen LogP contribution in [0.4, 0.5) is 11.6 Å². The third-order valence-corrected chi connectivity index (χ3v) is 3.54. The monoisotopic (exact) mass is 285 g/mol. The van der Waals surface area contributed by atoms with E-state index in [0.29, 0.717) is 5.82 Å². The molecule has 1 aromatic heterocycles. The van der Waals surface area contributed by atoms with Crippen LogP contribution in [-0.2, 0) is 19.4 Å². The van der Waals surface area contributed by atoms with E-state index < -0.39 is 0 Å². The van der Waals surface area contributed by atoms with Crippen LogP contribution in [0, 0.1) is 6.92 Å². The zero-order chi connectivity index (χ0) is 15.2. The first-order chi connectivity index (χ1) is 10.2. The number of aromatic nitrogens is 2. The van der Waals surface area contributed by atoms with E-state index in [1.807, 2.05) is 13.8 Å². The first-order valence-electron chi connectivity index (χ1n) is 7.33. The lowest BCUT2D eigenvalue weighted by Crippen LogP contribution is -2.14. The second-order valence-electron chi connectivity index (χ2n) is 4.98. The van der Waals surface area contributed by atoms with Gasteiger partial charge in [0.2, 0.25) is 0 Å². The van der Waals surface area contributed by atoms with Crippen LogP contribution in [0.3, 0.4) is 0 Å². The number of hydrogen-bond donors (Lipinski definition) is 3. The summed E-state index contributed by atoms with van der Waals surface area (Å²) < 4.78 is 0. The van der Waals surface area contributed by atoms with Crippen LogP contribution in [0.5, 0.6) is 0 Å². The van der Waals surface area contributed by atoms with Gasteiger partial charge in [0.05, 0.1) is 0 Å². The predicted molar refractivity (Wildman–Crippen MR) is 87.1 cm³/mol. The van der Waals surface area contributed by atoms with Crippen molar-refractivity contribution in [3.63, 3.8) is 0 Å². The van der Waals surface area contributed by atoms with Gasteiger partial charge in [-0.05, 0) is 24.5 Å². The third-order valence-electron chi connectivity index (χ3n) is 3.54. The van der Waals surface area contributed by atoms with Gasteiger partial charge in [-0.15, -0.1) is 0 Å². The Morgan fingerprint density at radius 1 is 0.952 bits per heavy atom. The molecule has 2 aromatic rings. The molecule has 0 amide bonds. The molecule has 4 N–H and O–H groups in total. The van der Waals surface area contributed by atoms with E-state index in [0.717, 1.165) is 36.6 Å². The number of hydrazine groups is 1. The lowest BCUT2D eigenvalue weighted by molar-refractivity contribution is 0.921. The molecule has 5 nitrogen and oxygen atoms in total. The van der Waals surface area contributed by atoms with Crippen molar-refractivity contribution in [2.45, 2.75) is 40.2 Å². The van der Waals surface area contributed by atoms with Crippen molar-refractivity contribution in [3.8, 4) is 0 Å². The smallest absolute Gasteiger partial charge is 0.148 e. The summed E-state index contributed by atoms with van der Waals surface area (Å²) >= 11 is 0. The maximum absolute atomic E-state index is 5.51. The molecule has 0 aliphatic carbocycles. The standard InChI is InChI=1S/C16H23N5/c1-4-12-6-8-13(9-7-12)10-18-15-11(3)16(21-17)20-14(5-2)19-15/h6-9H,4-5,10,17H2,1-3H3,(H2,18,19,20,21). The Labute approximate surface area is 126 Å². The summed E-state index contributed by atoms with van der Waals surface area (Å²) in [6.45, 7) is 6.87. The highest BCUT2D eigenvalue weighted by Gasteiger charge is 2.09. The molecule has 0 atom stereocenters. The van der Waals surface area contributed by atoms with Crippen molar-refractivity contribution in [1.82, 2.24) is 9.97 Å².